The van der Waals surface area contributed by atoms with Gasteiger partial charge in [-0.05, 0) is 56.9 Å². The number of anilines is 2. The van der Waals surface area contributed by atoms with Gasteiger partial charge in [0.05, 0.1) is 12.1 Å². The van der Waals surface area contributed by atoms with Crippen LogP contribution in [-0.4, -0.2) is 48.4 Å². The molecule has 3 rings (SSSR count). The van der Waals surface area contributed by atoms with Crippen LogP contribution in [0.4, 0.5) is 24.7 Å². The quantitative estimate of drug-likeness (QED) is 0.718. The molecule has 0 bridgehead atoms. The Hall–Kier alpha value is -3.10. The molecule has 0 saturated carbocycles. The zero-order valence-electron chi connectivity index (χ0n) is 19.3. The summed E-state index contributed by atoms with van der Waals surface area (Å²) in [5.41, 5.74) is 3.04. The molecule has 1 aliphatic heterocycles. The van der Waals surface area contributed by atoms with E-state index in [4.69, 9.17) is 0 Å². The number of pyridine rings is 1. The minimum absolute atomic E-state index is 0.0493. The second-order valence-corrected chi connectivity index (χ2v) is 8.68. The molecule has 2 amide bonds. The SMILES string of the molecule is Cc1cc(C)c(NC(=O)CN(C)C(=O)C2CCN(c3ccc(C(F)(F)F)cn3)CC2)c(C)c1. The lowest BCUT2D eigenvalue weighted by Crippen LogP contribution is -2.43. The Morgan fingerprint density at radius 2 is 1.73 bits per heavy atom. The zero-order chi connectivity index (χ0) is 24.3. The molecule has 0 radical (unpaired) electrons. The molecule has 1 aromatic heterocycles. The topological polar surface area (TPSA) is 65.5 Å². The summed E-state index contributed by atoms with van der Waals surface area (Å²) in [6.45, 7) is 6.84. The summed E-state index contributed by atoms with van der Waals surface area (Å²) >= 11 is 0. The largest absolute Gasteiger partial charge is 0.417 e. The Morgan fingerprint density at radius 3 is 2.24 bits per heavy atom. The van der Waals surface area contributed by atoms with E-state index >= 15 is 0 Å². The molecule has 1 saturated heterocycles. The number of carbonyl (C=O) groups excluding carboxylic acids is 2. The number of likely N-dealkylation sites (N-methyl/N-ethyl adjacent to an activating group) is 1. The van der Waals surface area contributed by atoms with Crippen LogP contribution in [0.25, 0.3) is 0 Å². The van der Waals surface area contributed by atoms with Gasteiger partial charge in [0.1, 0.15) is 5.82 Å². The van der Waals surface area contributed by atoms with Crippen LogP contribution in [0.15, 0.2) is 30.5 Å². The molecule has 33 heavy (non-hydrogen) atoms. The number of nitrogens with one attached hydrogen (secondary N) is 1. The second kappa shape index (κ2) is 9.80. The van der Waals surface area contributed by atoms with Crippen LogP contribution in [0.2, 0.25) is 0 Å². The maximum absolute atomic E-state index is 12.8. The van der Waals surface area contributed by atoms with Gasteiger partial charge in [0.25, 0.3) is 0 Å². The Kier molecular flexibility index (Phi) is 7.29. The highest BCUT2D eigenvalue weighted by molar-refractivity contribution is 5.96. The van der Waals surface area contributed by atoms with Crippen LogP contribution < -0.4 is 10.2 Å². The fraction of sp³-hybridized carbons (Fsp3) is 0.458. The van der Waals surface area contributed by atoms with Gasteiger partial charge >= 0.3 is 6.18 Å². The van der Waals surface area contributed by atoms with Crippen molar-refractivity contribution in [2.45, 2.75) is 39.8 Å². The number of hydrogen-bond acceptors (Lipinski definition) is 4. The first-order valence-corrected chi connectivity index (χ1v) is 10.9. The molecular weight excluding hydrogens is 433 g/mol. The Balaban J connectivity index is 1.52. The second-order valence-electron chi connectivity index (χ2n) is 8.68. The summed E-state index contributed by atoms with van der Waals surface area (Å²) in [4.78, 5) is 32.6. The molecule has 0 unspecified atom stereocenters. The van der Waals surface area contributed by atoms with Crippen LogP contribution in [0.3, 0.4) is 0 Å². The van der Waals surface area contributed by atoms with E-state index in [1.54, 1.807) is 7.05 Å². The van der Waals surface area contributed by atoms with E-state index in [1.807, 2.05) is 37.8 Å². The monoisotopic (exact) mass is 462 g/mol. The molecule has 1 aliphatic rings. The number of aromatic nitrogens is 1. The highest BCUT2D eigenvalue weighted by atomic mass is 19.4. The van der Waals surface area contributed by atoms with Crippen LogP contribution in [-0.2, 0) is 15.8 Å². The van der Waals surface area contributed by atoms with Crippen LogP contribution in [0.1, 0.15) is 35.1 Å². The van der Waals surface area contributed by atoms with Gasteiger partial charge in [-0.1, -0.05) is 17.7 Å². The number of piperidine rings is 1. The van der Waals surface area contributed by atoms with Crippen LogP contribution in [0, 0.1) is 26.7 Å². The van der Waals surface area contributed by atoms with E-state index < -0.39 is 11.7 Å². The van der Waals surface area contributed by atoms with Crippen molar-refractivity contribution in [3.8, 4) is 0 Å². The van der Waals surface area contributed by atoms with Gasteiger partial charge in [-0.3, -0.25) is 9.59 Å². The van der Waals surface area contributed by atoms with Gasteiger partial charge in [0, 0.05) is 37.9 Å². The highest BCUT2D eigenvalue weighted by Gasteiger charge is 2.32. The van der Waals surface area contributed by atoms with Crippen molar-refractivity contribution in [3.63, 3.8) is 0 Å². The highest BCUT2D eigenvalue weighted by Crippen LogP contribution is 2.30. The number of aryl methyl sites for hydroxylation is 3. The number of nitrogens with zero attached hydrogens (tertiary/aromatic N) is 3. The molecule has 178 valence electrons. The Labute approximate surface area is 191 Å². The molecule has 1 N–H and O–H groups in total. The fourth-order valence-electron chi connectivity index (χ4n) is 4.26. The molecule has 6 nitrogen and oxygen atoms in total. The maximum Gasteiger partial charge on any atom is 0.417 e. The van der Waals surface area contributed by atoms with Gasteiger partial charge in [0.2, 0.25) is 11.8 Å². The van der Waals surface area contributed by atoms with Crippen molar-refractivity contribution in [1.82, 2.24) is 9.88 Å². The fourth-order valence-corrected chi connectivity index (χ4v) is 4.26. The van der Waals surface area contributed by atoms with E-state index in [2.05, 4.69) is 10.3 Å². The number of halogens is 3. The first kappa shape index (κ1) is 24.5. The summed E-state index contributed by atoms with van der Waals surface area (Å²) in [5.74, 6) is -0.142. The van der Waals surface area contributed by atoms with Gasteiger partial charge in [-0.25, -0.2) is 4.98 Å². The minimum atomic E-state index is -4.42. The van der Waals surface area contributed by atoms with E-state index in [1.165, 1.54) is 11.0 Å². The first-order chi connectivity index (χ1) is 15.5. The average molecular weight is 463 g/mol. The lowest BCUT2D eigenvalue weighted by atomic mass is 9.95. The number of carbonyl (C=O) groups is 2. The predicted octanol–water partition coefficient (Wildman–Crippen LogP) is 4.34. The minimum Gasteiger partial charge on any atom is -0.357 e. The van der Waals surface area contributed by atoms with Crippen LogP contribution >= 0.6 is 0 Å². The van der Waals surface area contributed by atoms with Crippen molar-refractivity contribution in [2.24, 2.45) is 5.92 Å². The van der Waals surface area contributed by atoms with Crippen molar-refractivity contribution >= 4 is 23.3 Å². The van der Waals surface area contributed by atoms with Crippen molar-refractivity contribution in [2.75, 3.05) is 36.9 Å². The number of rotatable bonds is 5. The number of amides is 2. The molecule has 2 heterocycles. The summed E-state index contributed by atoms with van der Waals surface area (Å²) in [6.07, 6.45) is -2.50. The Morgan fingerprint density at radius 1 is 1.12 bits per heavy atom. The smallest absolute Gasteiger partial charge is 0.357 e. The molecule has 9 heteroatoms. The standard InChI is InChI=1S/C24H29F3N4O2/c1-15-11-16(2)22(17(3)12-15)29-21(32)14-30(4)23(33)18-7-9-31(10-8-18)20-6-5-19(13-28-20)24(25,26)27/h5-6,11-13,18H,7-10,14H2,1-4H3,(H,29,32). The summed E-state index contributed by atoms with van der Waals surface area (Å²) in [5, 5.41) is 2.91. The van der Waals surface area contributed by atoms with Gasteiger partial charge in [0.15, 0.2) is 0 Å². The van der Waals surface area contributed by atoms with Crippen LogP contribution in [0.5, 0.6) is 0 Å². The normalized spacial score (nSPS) is 14.8. The third-order valence-corrected chi connectivity index (χ3v) is 5.94. The molecule has 2 aromatic rings. The summed E-state index contributed by atoms with van der Waals surface area (Å²) in [7, 11) is 1.61. The first-order valence-electron chi connectivity index (χ1n) is 10.9. The zero-order valence-corrected chi connectivity index (χ0v) is 19.3. The third kappa shape index (κ3) is 6.03. The molecular formula is C24H29F3N4O2. The summed E-state index contributed by atoms with van der Waals surface area (Å²) < 4.78 is 38.2. The van der Waals surface area contributed by atoms with E-state index in [9.17, 15) is 22.8 Å². The average Bonchev–Trinajstić information content (AvgIpc) is 2.75. The maximum atomic E-state index is 12.8. The van der Waals surface area contributed by atoms with Crippen molar-refractivity contribution in [3.05, 3.63) is 52.7 Å². The number of benzene rings is 1. The van der Waals surface area contributed by atoms with E-state index in [-0.39, 0.29) is 24.3 Å². The number of hydrogen-bond donors (Lipinski definition) is 1. The van der Waals surface area contributed by atoms with Gasteiger partial charge in [-0.15, -0.1) is 0 Å². The van der Waals surface area contributed by atoms with E-state index in [0.717, 1.165) is 34.6 Å². The molecule has 0 atom stereocenters. The molecule has 1 aromatic carbocycles. The van der Waals surface area contributed by atoms with Crippen molar-refractivity contribution < 1.29 is 22.8 Å². The van der Waals surface area contributed by atoms with E-state index in [0.29, 0.717) is 31.7 Å². The third-order valence-electron chi connectivity index (χ3n) is 5.94. The molecule has 1 fully saturated rings. The lowest BCUT2D eigenvalue weighted by Gasteiger charge is -2.33. The summed E-state index contributed by atoms with van der Waals surface area (Å²) in [6, 6.07) is 6.37. The molecule has 0 aliphatic carbocycles. The predicted molar refractivity (Wildman–Crippen MR) is 121 cm³/mol. The number of alkyl halides is 3. The lowest BCUT2D eigenvalue weighted by molar-refractivity contribution is -0.138. The molecule has 0 spiro atoms. The van der Waals surface area contributed by atoms with Crippen molar-refractivity contribution in [1.29, 1.82) is 0 Å². The van der Waals surface area contributed by atoms with Gasteiger partial charge in [-0.2, -0.15) is 13.2 Å². The Bertz CT molecular complexity index is 990. The van der Waals surface area contributed by atoms with Gasteiger partial charge < -0.3 is 15.1 Å².